The number of esters is 1. The van der Waals surface area contributed by atoms with Crippen LogP contribution in [0.2, 0.25) is 20.4 Å². The molecule has 13 nitrogen and oxygen atoms in total. The third-order valence-corrected chi connectivity index (χ3v) is 7.51. The summed E-state index contributed by atoms with van der Waals surface area (Å²) < 4.78 is 31.2. The Morgan fingerprint density at radius 1 is 0.959 bits per heavy atom. The van der Waals surface area contributed by atoms with Crippen molar-refractivity contribution in [3.8, 4) is 0 Å². The number of aliphatic hydroxyl groups excluding tert-OH is 1. The van der Waals surface area contributed by atoms with Crippen LogP contribution in [0, 0.1) is 6.92 Å². The van der Waals surface area contributed by atoms with E-state index in [1.54, 1.807) is 40.7 Å². The van der Waals surface area contributed by atoms with Crippen molar-refractivity contribution < 1.29 is 60.1 Å². The van der Waals surface area contributed by atoms with Crippen LogP contribution in [0.25, 0.3) is 0 Å². The van der Waals surface area contributed by atoms with Crippen LogP contribution >= 0.6 is 46.4 Å². The molecule has 6 heterocycles. The summed E-state index contributed by atoms with van der Waals surface area (Å²) in [6.07, 6.45) is 3.06. The van der Waals surface area contributed by atoms with Gasteiger partial charge in [0, 0.05) is 13.2 Å². The fraction of sp³-hybridized carbons (Fsp3) is 0.567. The van der Waals surface area contributed by atoms with Crippen LogP contribution in [-0.2, 0) is 38.0 Å². The fourth-order valence-corrected chi connectivity index (χ4v) is 4.79. The summed E-state index contributed by atoms with van der Waals surface area (Å²) in [4.78, 5) is 30.6. The largest absolute Gasteiger partial charge is 2.00 e. The number of aromatic nitrogens is 2. The second-order valence-electron chi connectivity index (χ2n) is 10.8. The second-order valence-corrected chi connectivity index (χ2v) is 12.4. The summed E-state index contributed by atoms with van der Waals surface area (Å²) in [6.45, 7) is 13.9. The van der Waals surface area contributed by atoms with E-state index in [9.17, 15) is 14.7 Å². The summed E-state index contributed by atoms with van der Waals surface area (Å²) in [6, 6.07) is 3.03. The predicted molar refractivity (Wildman–Crippen MR) is 184 cm³/mol. The summed E-state index contributed by atoms with van der Waals surface area (Å²) in [5.41, 5.74) is 6.22. The van der Waals surface area contributed by atoms with Gasteiger partial charge in [-0.15, -0.1) is 0 Å². The molecule has 49 heavy (non-hydrogen) atoms. The molecular formula is C30H41BrCl4MgN4O9. The van der Waals surface area contributed by atoms with Crippen molar-refractivity contribution >= 4 is 92.7 Å². The van der Waals surface area contributed by atoms with E-state index in [4.69, 9.17) is 80.6 Å². The molecule has 4 atom stereocenters. The molecule has 0 spiro atoms. The molecule has 4 fully saturated rings. The maximum Gasteiger partial charge on any atom is 2.00 e. The molecule has 4 N–H and O–H groups in total. The van der Waals surface area contributed by atoms with E-state index in [1.807, 2.05) is 0 Å². The molecule has 1 amide bonds. The number of hydrogen-bond donors (Lipinski definition) is 3. The zero-order valence-electron chi connectivity index (χ0n) is 27.9. The average molecular weight is 848 g/mol. The first-order valence-electron chi connectivity index (χ1n) is 14.6. The van der Waals surface area contributed by atoms with Gasteiger partial charge in [0.25, 0.3) is 5.91 Å². The van der Waals surface area contributed by atoms with Gasteiger partial charge in [-0.3, -0.25) is 4.79 Å². The van der Waals surface area contributed by atoms with Crippen LogP contribution in [0.5, 0.6) is 0 Å². The maximum atomic E-state index is 12.1. The molecule has 19 heteroatoms. The molecule has 2 aromatic rings. The van der Waals surface area contributed by atoms with Crippen molar-refractivity contribution in [1.29, 1.82) is 0 Å². The first-order valence-corrected chi connectivity index (χ1v) is 16.1. The number of nitrogens with one attached hydrogen (secondary N) is 1. The number of nitrogens with two attached hydrogens (primary N) is 1. The molecule has 272 valence electrons. The Hall–Kier alpha value is -0.794. The van der Waals surface area contributed by atoms with Crippen molar-refractivity contribution in [3.63, 3.8) is 0 Å². The molecule has 0 aliphatic carbocycles. The first kappa shape index (κ1) is 48.2. The summed E-state index contributed by atoms with van der Waals surface area (Å²) in [5, 5.41) is 12.9. The van der Waals surface area contributed by atoms with E-state index in [2.05, 4.69) is 22.2 Å². The molecule has 0 aromatic carbocycles. The monoisotopic (exact) mass is 844 g/mol. The number of fused-ring (bicyclic) bond motifs is 1. The zero-order chi connectivity index (χ0) is 35.4. The topological polar surface area (TPSA) is 174 Å². The number of nitrogen functional groups attached to an aromatic ring is 1. The van der Waals surface area contributed by atoms with E-state index in [0.29, 0.717) is 23.0 Å². The number of nitrogens with zero attached hydrogens (tertiary/aromatic N) is 2. The molecule has 6 rings (SSSR count). The van der Waals surface area contributed by atoms with Gasteiger partial charge in [-0.1, -0.05) is 46.4 Å². The molecule has 4 aliphatic heterocycles. The van der Waals surface area contributed by atoms with Gasteiger partial charge in [0.15, 0.2) is 23.8 Å². The molecule has 4 aliphatic rings. The smallest absolute Gasteiger partial charge is 1.00 e. The number of halogens is 5. The number of carbonyl (C=O) groups is 2. The van der Waals surface area contributed by atoms with E-state index in [-0.39, 0.29) is 74.0 Å². The van der Waals surface area contributed by atoms with Gasteiger partial charge in [0.1, 0.15) is 29.1 Å². The van der Waals surface area contributed by atoms with Gasteiger partial charge in [-0.25, -0.2) is 14.8 Å². The van der Waals surface area contributed by atoms with Gasteiger partial charge in [-0.05, 0) is 52.7 Å². The van der Waals surface area contributed by atoms with Gasteiger partial charge < -0.3 is 68.5 Å². The molecule has 4 saturated heterocycles. The van der Waals surface area contributed by atoms with Gasteiger partial charge in [0.05, 0.1) is 40.4 Å². The average Bonchev–Trinajstić information content (AvgIpc) is 3.82. The minimum atomic E-state index is -0.925. The SMILES string of the molecule is C1CCOC1.CC1(C)O[C@@H]2COC(=O)[C@@H]2O1.CC1(C)O[C@H](CO)[C@H](C(=O)Nc2cnc(Cl)c(Cl)c2)O1.Nc1cnc(Cl)c(Cl)c1.[Br-].[CH2-]C.[Mg+2]. The Morgan fingerprint density at radius 3 is 1.98 bits per heavy atom. The van der Waals surface area contributed by atoms with Crippen molar-refractivity contribution in [1.82, 2.24) is 9.97 Å². The number of anilines is 2. The second kappa shape index (κ2) is 23.0. The van der Waals surface area contributed by atoms with Crippen molar-refractivity contribution in [2.24, 2.45) is 0 Å². The number of pyridine rings is 2. The molecule has 0 radical (unpaired) electrons. The third-order valence-electron chi connectivity index (χ3n) is 6.14. The van der Waals surface area contributed by atoms with Crippen LogP contribution in [-0.4, -0.2) is 112 Å². The van der Waals surface area contributed by atoms with Crippen LogP contribution in [0.4, 0.5) is 11.4 Å². The fourth-order valence-electron chi connectivity index (χ4n) is 4.24. The third kappa shape index (κ3) is 16.2. The molecule has 0 bridgehead atoms. The summed E-state index contributed by atoms with van der Waals surface area (Å²) in [5.74, 6) is -2.31. The number of hydrogen-bond acceptors (Lipinski definition) is 12. The Balaban J connectivity index is 0.000000672. The molecular weight excluding hydrogens is 806 g/mol. The number of aliphatic hydroxyl groups is 1. The summed E-state index contributed by atoms with van der Waals surface area (Å²) >= 11 is 22.5. The zero-order valence-corrected chi connectivity index (χ0v) is 33.9. The number of carbonyl (C=O) groups excluding carboxylic acids is 2. The maximum absolute atomic E-state index is 12.1. The number of amides is 1. The van der Waals surface area contributed by atoms with Gasteiger partial charge in [-0.2, -0.15) is 6.92 Å². The molecule has 0 saturated carbocycles. The van der Waals surface area contributed by atoms with Crippen molar-refractivity contribution in [3.05, 3.63) is 51.8 Å². The molecule has 2 aromatic heterocycles. The van der Waals surface area contributed by atoms with E-state index in [1.165, 1.54) is 31.3 Å². The Bertz CT molecular complexity index is 1320. The van der Waals surface area contributed by atoms with Crippen LogP contribution < -0.4 is 28.0 Å². The molecule has 0 unspecified atom stereocenters. The minimum Gasteiger partial charge on any atom is -1.00 e. The van der Waals surface area contributed by atoms with Gasteiger partial charge >= 0.3 is 29.0 Å². The normalized spacial score (nSPS) is 23.4. The predicted octanol–water partition coefficient (Wildman–Crippen LogP) is 2.13. The Labute approximate surface area is 333 Å². The van der Waals surface area contributed by atoms with E-state index < -0.39 is 35.8 Å². The number of rotatable bonds is 3. The number of ether oxygens (including phenoxy) is 6. The number of cyclic esters (lactones) is 1. The minimum absolute atomic E-state index is 0. The van der Waals surface area contributed by atoms with Crippen LogP contribution in [0.3, 0.4) is 0 Å². The Kier molecular flexibility index (Phi) is 22.6. The first-order chi connectivity index (χ1) is 22.1. The van der Waals surface area contributed by atoms with E-state index in [0.717, 1.165) is 13.2 Å². The van der Waals surface area contributed by atoms with E-state index >= 15 is 0 Å². The summed E-state index contributed by atoms with van der Waals surface area (Å²) in [7, 11) is 0. The van der Waals surface area contributed by atoms with Crippen LogP contribution in [0.1, 0.15) is 47.5 Å². The van der Waals surface area contributed by atoms with Gasteiger partial charge in [0.2, 0.25) is 0 Å². The quantitative estimate of drug-likeness (QED) is 0.178. The Morgan fingerprint density at radius 2 is 1.51 bits per heavy atom. The van der Waals surface area contributed by atoms with Crippen molar-refractivity contribution in [2.45, 2.75) is 83.5 Å². The standard InChI is InChI=1S/C12H14Cl2N2O4.C7H10O4.C5H4Cl2N2.C4H8O.C2H5.BrH.Mg/c1-12(2)19-8(5-17)9(20-12)11(18)16-6-3-7(13)10(14)15-4-6;1-7(2)10-4-3-9-6(8)5(4)11-7;6-4-1-3(8)2-9-5(4)7;1-2-4-5-3-1;1-2;;/h3-4,8-9,17H,5H2,1-2H3,(H,16,18);4-5H,3H2,1-2H3;1-2H,8H2;1-4H2;1H2,2H3;1H;/q;;;;-1;;+2/p-1/t8-,9-;4-,5-;;;;;/m11...../s1. The van der Waals surface area contributed by atoms with Crippen molar-refractivity contribution in [2.75, 3.05) is 37.5 Å². The van der Waals surface area contributed by atoms with Crippen LogP contribution in [0.15, 0.2) is 24.5 Å².